The molecule has 0 fully saturated rings. The molecule has 0 amide bonds. The maximum atomic E-state index is 12.0. The van der Waals surface area contributed by atoms with Crippen molar-refractivity contribution in [3.05, 3.63) is 34.2 Å². The summed E-state index contributed by atoms with van der Waals surface area (Å²) < 4.78 is 10.4. The number of aromatic nitrogens is 1. The molecule has 22 heavy (non-hydrogen) atoms. The number of ether oxygens (including phenoxy) is 1. The quantitative estimate of drug-likeness (QED) is 0.878. The van der Waals surface area contributed by atoms with Crippen LogP contribution in [-0.4, -0.2) is 22.6 Å². The van der Waals surface area contributed by atoms with E-state index in [1.54, 1.807) is 33.8 Å². The first kappa shape index (κ1) is 16.0. The number of benzene rings is 1. The molecule has 0 saturated heterocycles. The normalized spacial score (nSPS) is 13.0. The molecule has 6 heteroatoms. The van der Waals surface area contributed by atoms with Gasteiger partial charge in [0.15, 0.2) is 0 Å². The van der Waals surface area contributed by atoms with E-state index in [4.69, 9.17) is 9.15 Å². The number of esters is 1. The van der Waals surface area contributed by atoms with E-state index in [1.807, 2.05) is 19.1 Å². The van der Waals surface area contributed by atoms with E-state index in [1.165, 1.54) is 0 Å². The first-order chi connectivity index (χ1) is 10.2. The molecule has 1 unspecified atom stereocenters. The van der Waals surface area contributed by atoms with E-state index >= 15 is 0 Å². The van der Waals surface area contributed by atoms with E-state index in [0.717, 1.165) is 5.56 Å². The SMILES string of the molecule is Cc1cccc2nc(NC(C)C(=O)OC(C)(C)C)oc(=O)c12. The maximum Gasteiger partial charge on any atom is 0.348 e. The van der Waals surface area contributed by atoms with Crippen molar-refractivity contribution in [2.45, 2.75) is 46.3 Å². The average molecular weight is 304 g/mol. The van der Waals surface area contributed by atoms with Crippen LogP contribution in [0, 0.1) is 6.92 Å². The molecule has 0 radical (unpaired) electrons. The molecule has 0 aliphatic carbocycles. The predicted octanol–water partition coefficient (Wildman–Crippen LogP) is 2.64. The minimum Gasteiger partial charge on any atom is -0.458 e. The topological polar surface area (TPSA) is 81.4 Å². The average Bonchev–Trinajstić information content (AvgIpc) is 2.36. The fourth-order valence-corrected chi connectivity index (χ4v) is 1.98. The predicted molar refractivity (Wildman–Crippen MR) is 83.9 cm³/mol. The summed E-state index contributed by atoms with van der Waals surface area (Å²) in [5, 5.41) is 3.21. The largest absolute Gasteiger partial charge is 0.458 e. The third kappa shape index (κ3) is 3.63. The summed E-state index contributed by atoms with van der Waals surface area (Å²) in [7, 11) is 0. The Bertz CT molecular complexity index is 759. The van der Waals surface area contributed by atoms with Gasteiger partial charge in [-0.1, -0.05) is 12.1 Å². The highest BCUT2D eigenvalue weighted by molar-refractivity contribution is 5.82. The summed E-state index contributed by atoms with van der Waals surface area (Å²) >= 11 is 0. The van der Waals surface area contributed by atoms with Crippen LogP contribution in [0.4, 0.5) is 6.01 Å². The van der Waals surface area contributed by atoms with Crippen molar-refractivity contribution in [1.29, 1.82) is 0 Å². The van der Waals surface area contributed by atoms with Gasteiger partial charge in [0.2, 0.25) is 0 Å². The first-order valence-electron chi connectivity index (χ1n) is 7.07. The lowest BCUT2D eigenvalue weighted by molar-refractivity contribution is -0.155. The zero-order valence-electron chi connectivity index (χ0n) is 13.4. The summed E-state index contributed by atoms with van der Waals surface area (Å²) in [6.07, 6.45) is 0. The van der Waals surface area contributed by atoms with Gasteiger partial charge in [-0.2, -0.15) is 4.98 Å². The van der Waals surface area contributed by atoms with Crippen LogP contribution in [0.5, 0.6) is 0 Å². The van der Waals surface area contributed by atoms with Gasteiger partial charge in [0, 0.05) is 0 Å². The Morgan fingerprint density at radius 1 is 1.36 bits per heavy atom. The molecule has 1 N–H and O–H groups in total. The van der Waals surface area contributed by atoms with Crippen LogP contribution < -0.4 is 10.9 Å². The molecule has 0 spiro atoms. The standard InChI is InChI=1S/C16H20N2O4/c1-9-7-6-8-11-12(9)14(20)21-15(18-11)17-10(2)13(19)22-16(3,4)5/h6-8,10H,1-5H3,(H,17,18). The van der Waals surface area contributed by atoms with Crippen molar-refractivity contribution in [2.24, 2.45) is 0 Å². The Morgan fingerprint density at radius 2 is 2.05 bits per heavy atom. The summed E-state index contributed by atoms with van der Waals surface area (Å²) in [5.74, 6) is -0.443. The molecule has 0 aliphatic heterocycles. The second kappa shape index (κ2) is 5.79. The van der Waals surface area contributed by atoms with Gasteiger partial charge in [0.05, 0.1) is 10.9 Å². The zero-order valence-corrected chi connectivity index (χ0v) is 13.4. The van der Waals surface area contributed by atoms with Crippen LogP contribution in [-0.2, 0) is 9.53 Å². The van der Waals surface area contributed by atoms with Crippen LogP contribution in [0.1, 0.15) is 33.3 Å². The van der Waals surface area contributed by atoms with Crippen molar-refractivity contribution in [3.63, 3.8) is 0 Å². The summed E-state index contributed by atoms with van der Waals surface area (Å²) in [6.45, 7) is 8.80. The number of rotatable bonds is 3. The van der Waals surface area contributed by atoms with Gasteiger partial charge in [0.1, 0.15) is 11.6 Å². The van der Waals surface area contributed by atoms with E-state index in [2.05, 4.69) is 10.3 Å². The lowest BCUT2D eigenvalue weighted by atomic mass is 10.1. The third-order valence-corrected chi connectivity index (χ3v) is 2.97. The van der Waals surface area contributed by atoms with Gasteiger partial charge in [-0.3, -0.25) is 0 Å². The molecule has 2 rings (SSSR count). The van der Waals surface area contributed by atoms with Crippen LogP contribution in [0.15, 0.2) is 27.4 Å². The fourth-order valence-electron chi connectivity index (χ4n) is 1.98. The second-order valence-corrected chi connectivity index (χ2v) is 6.18. The number of fused-ring (bicyclic) bond motifs is 1. The van der Waals surface area contributed by atoms with Crippen molar-refractivity contribution in [1.82, 2.24) is 4.98 Å². The minimum atomic E-state index is -0.683. The molecular formula is C16H20N2O4. The number of carbonyl (C=O) groups excluding carboxylic acids is 1. The Hall–Kier alpha value is -2.37. The van der Waals surface area contributed by atoms with Crippen molar-refractivity contribution < 1.29 is 13.9 Å². The number of nitrogens with zero attached hydrogens (tertiary/aromatic N) is 1. The number of hydrogen-bond donors (Lipinski definition) is 1. The highest BCUT2D eigenvalue weighted by Gasteiger charge is 2.22. The summed E-state index contributed by atoms with van der Waals surface area (Å²) in [6, 6.07) is 4.67. The van der Waals surface area contributed by atoms with E-state index in [9.17, 15) is 9.59 Å². The fraction of sp³-hybridized carbons (Fsp3) is 0.438. The maximum absolute atomic E-state index is 12.0. The molecule has 1 atom stereocenters. The highest BCUT2D eigenvalue weighted by atomic mass is 16.6. The van der Waals surface area contributed by atoms with Crippen molar-refractivity contribution >= 4 is 22.9 Å². The number of anilines is 1. The molecule has 1 aromatic carbocycles. The molecular weight excluding hydrogens is 284 g/mol. The Morgan fingerprint density at radius 3 is 2.68 bits per heavy atom. The van der Waals surface area contributed by atoms with Crippen LogP contribution >= 0.6 is 0 Å². The lowest BCUT2D eigenvalue weighted by Crippen LogP contribution is -2.35. The number of carbonyl (C=O) groups is 1. The van der Waals surface area contributed by atoms with E-state index in [0.29, 0.717) is 10.9 Å². The summed E-state index contributed by atoms with van der Waals surface area (Å²) in [5.41, 5.74) is 0.254. The van der Waals surface area contributed by atoms with Crippen LogP contribution in [0.25, 0.3) is 10.9 Å². The van der Waals surface area contributed by atoms with Crippen LogP contribution in [0.2, 0.25) is 0 Å². The highest BCUT2D eigenvalue weighted by Crippen LogP contribution is 2.16. The number of hydrogen-bond acceptors (Lipinski definition) is 6. The zero-order chi connectivity index (χ0) is 16.5. The lowest BCUT2D eigenvalue weighted by Gasteiger charge is -2.22. The molecule has 118 valence electrons. The van der Waals surface area contributed by atoms with Gasteiger partial charge in [0.25, 0.3) is 6.01 Å². The minimum absolute atomic E-state index is 0.00135. The smallest absolute Gasteiger partial charge is 0.348 e. The number of aryl methyl sites for hydroxylation is 1. The van der Waals surface area contributed by atoms with Crippen molar-refractivity contribution in [3.8, 4) is 0 Å². The molecule has 2 aromatic rings. The Balaban J connectivity index is 2.26. The first-order valence-corrected chi connectivity index (χ1v) is 7.07. The summed E-state index contributed by atoms with van der Waals surface area (Å²) in [4.78, 5) is 28.2. The van der Waals surface area contributed by atoms with Gasteiger partial charge >= 0.3 is 11.6 Å². The molecule has 0 aliphatic rings. The Kier molecular flexibility index (Phi) is 4.21. The monoisotopic (exact) mass is 304 g/mol. The van der Waals surface area contributed by atoms with E-state index in [-0.39, 0.29) is 6.01 Å². The molecule has 1 aromatic heterocycles. The third-order valence-electron chi connectivity index (χ3n) is 2.97. The molecule has 0 saturated carbocycles. The van der Waals surface area contributed by atoms with Crippen LogP contribution in [0.3, 0.4) is 0 Å². The number of nitrogens with one attached hydrogen (secondary N) is 1. The van der Waals surface area contributed by atoms with Crippen molar-refractivity contribution in [2.75, 3.05) is 5.32 Å². The molecule has 1 heterocycles. The van der Waals surface area contributed by atoms with Gasteiger partial charge in [-0.15, -0.1) is 0 Å². The van der Waals surface area contributed by atoms with E-state index < -0.39 is 23.2 Å². The molecule has 0 bridgehead atoms. The van der Waals surface area contributed by atoms with Gasteiger partial charge < -0.3 is 14.5 Å². The van der Waals surface area contributed by atoms with Gasteiger partial charge in [-0.05, 0) is 46.2 Å². The Labute approximate surface area is 128 Å². The second-order valence-electron chi connectivity index (χ2n) is 6.18. The van der Waals surface area contributed by atoms with Gasteiger partial charge in [-0.25, -0.2) is 9.59 Å². The molecule has 6 nitrogen and oxygen atoms in total.